The van der Waals surface area contributed by atoms with Crippen LogP contribution in [0.2, 0.25) is 0 Å². The summed E-state index contributed by atoms with van der Waals surface area (Å²) in [6.45, 7) is 5.79. The quantitative estimate of drug-likeness (QED) is 0.0791. The van der Waals surface area contributed by atoms with Gasteiger partial charge in [0.25, 0.3) is 0 Å². The first kappa shape index (κ1) is 34.9. The van der Waals surface area contributed by atoms with Crippen LogP contribution in [-0.4, -0.2) is 45.1 Å². The van der Waals surface area contributed by atoms with Crippen LogP contribution in [0, 0.1) is 0 Å². The minimum Gasteiger partial charge on any atom is -0.497 e. The van der Waals surface area contributed by atoms with Crippen molar-refractivity contribution < 1.29 is 14.2 Å². The van der Waals surface area contributed by atoms with Crippen LogP contribution in [0.5, 0.6) is 17.2 Å². The fourth-order valence-corrected chi connectivity index (χ4v) is 9.46. The van der Waals surface area contributed by atoms with Crippen molar-refractivity contribution in [1.29, 1.82) is 0 Å². The van der Waals surface area contributed by atoms with Crippen LogP contribution in [0.15, 0.2) is 86.3 Å². The lowest BCUT2D eigenvalue weighted by Crippen LogP contribution is -2.07. The topological polar surface area (TPSA) is 84.2 Å². The van der Waals surface area contributed by atoms with E-state index in [9.17, 15) is 0 Å². The molecule has 0 atom stereocenters. The smallest absolute Gasteiger partial charge is 0.197 e. The molecule has 0 unspecified atom stereocenters. The van der Waals surface area contributed by atoms with Crippen LogP contribution in [0.4, 0.5) is 0 Å². The number of thiophene rings is 1. The zero-order chi connectivity index (χ0) is 34.5. The number of hydrogen-bond donors (Lipinski definition) is 0. The molecule has 0 aliphatic heterocycles. The number of nitrogens with zero attached hydrogens (tertiary/aromatic N) is 5. The molecule has 7 rings (SSSR count). The summed E-state index contributed by atoms with van der Waals surface area (Å²) in [5, 5.41) is 12.5. The van der Waals surface area contributed by atoms with E-state index in [1.165, 1.54) is 33.6 Å². The SMILES string of the molecule is CCOc1ccc(CCn2c(Sc3nc(CSc4ccc(Br)cc4)nc4sc5c(c34)CCCC5)nnc2-c2ccc(OC)cc2)cc1OCC. The van der Waals surface area contributed by atoms with Crippen molar-refractivity contribution in [2.24, 2.45) is 0 Å². The van der Waals surface area contributed by atoms with Crippen molar-refractivity contribution in [3.8, 4) is 28.6 Å². The fraction of sp³-hybridized carbons (Fsp3) is 0.316. The van der Waals surface area contributed by atoms with Crippen molar-refractivity contribution in [1.82, 2.24) is 24.7 Å². The van der Waals surface area contributed by atoms with Gasteiger partial charge >= 0.3 is 0 Å². The number of benzene rings is 3. The summed E-state index contributed by atoms with van der Waals surface area (Å²) in [5.74, 6) is 4.63. The molecule has 258 valence electrons. The second-order valence-corrected chi connectivity index (χ2v) is 15.8. The van der Waals surface area contributed by atoms with Crippen molar-refractivity contribution in [2.45, 2.75) is 73.3 Å². The number of methoxy groups -OCH3 is 1. The Hall–Kier alpha value is -3.58. The highest BCUT2D eigenvalue weighted by Crippen LogP contribution is 2.42. The largest absolute Gasteiger partial charge is 0.497 e. The average Bonchev–Trinajstić information content (AvgIpc) is 3.72. The summed E-state index contributed by atoms with van der Waals surface area (Å²) in [6.07, 6.45) is 5.32. The lowest BCUT2D eigenvalue weighted by Gasteiger charge is -2.15. The normalized spacial score (nSPS) is 12.6. The highest BCUT2D eigenvalue weighted by atomic mass is 79.9. The first-order valence-corrected chi connectivity index (χ1v) is 20.3. The van der Waals surface area contributed by atoms with Gasteiger partial charge in [-0.25, -0.2) is 9.97 Å². The predicted octanol–water partition coefficient (Wildman–Crippen LogP) is 10.1. The Morgan fingerprint density at radius 3 is 2.44 bits per heavy atom. The third-order valence-electron chi connectivity index (χ3n) is 8.49. The molecule has 6 aromatic rings. The Morgan fingerprint density at radius 1 is 0.880 bits per heavy atom. The van der Waals surface area contributed by atoms with Gasteiger partial charge in [0.15, 0.2) is 22.5 Å². The van der Waals surface area contributed by atoms with E-state index in [4.69, 9.17) is 34.4 Å². The number of ether oxygens (including phenoxy) is 3. The molecule has 0 saturated carbocycles. The van der Waals surface area contributed by atoms with Gasteiger partial charge in [0.05, 0.1) is 26.1 Å². The molecule has 3 aromatic carbocycles. The standard InChI is InChI=1S/C38H38BrN5O3S3/c1-4-46-30-19-10-24(22-31(30)47-5-2)20-21-44-35(25-11-15-27(45-3)16-12-25)42-43-38(44)50-37-34-29-8-6-7-9-32(29)49-36(34)40-33(41-37)23-48-28-17-13-26(39)14-18-28/h10-19,22H,4-9,20-21,23H2,1-3H3. The molecule has 12 heteroatoms. The summed E-state index contributed by atoms with van der Waals surface area (Å²) in [7, 11) is 1.68. The molecule has 0 bridgehead atoms. The van der Waals surface area contributed by atoms with Crippen LogP contribution >= 0.6 is 50.8 Å². The molecule has 8 nitrogen and oxygen atoms in total. The third-order valence-corrected chi connectivity index (χ3v) is 12.2. The van der Waals surface area contributed by atoms with Crippen molar-refractivity contribution in [3.63, 3.8) is 0 Å². The fourth-order valence-electron chi connectivity index (χ4n) is 6.08. The van der Waals surface area contributed by atoms with E-state index in [0.717, 1.165) is 78.8 Å². The number of hydrogen-bond acceptors (Lipinski definition) is 10. The third kappa shape index (κ3) is 7.83. The average molecular weight is 789 g/mol. The number of rotatable bonds is 14. The monoisotopic (exact) mass is 787 g/mol. The Balaban J connectivity index is 1.25. The van der Waals surface area contributed by atoms with Crippen LogP contribution < -0.4 is 14.2 Å². The number of aromatic nitrogens is 5. The second kappa shape index (κ2) is 16.2. The molecule has 50 heavy (non-hydrogen) atoms. The Labute approximate surface area is 313 Å². The van der Waals surface area contributed by atoms with E-state index >= 15 is 0 Å². The Kier molecular flexibility index (Phi) is 11.3. The summed E-state index contributed by atoms with van der Waals surface area (Å²) >= 11 is 8.72. The van der Waals surface area contributed by atoms with Gasteiger partial charge in [-0.1, -0.05) is 22.0 Å². The van der Waals surface area contributed by atoms with E-state index in [1.807, 2.05) is 55.5 Å². The van der Waals surface area contributed by atoms with E-state index in [2.05, 4.69) is 56.9 Å². The minimum absolute atomic E-state index is 0.570. The maximum Gasteiger partial charge on any atom is 0.197 e. The van der Waals surface area contributed by atoms with E-state index < -0.39 is 0 Å². The van der Waals surface area contributed by atoms with Gasteiger partial charge in [-0.15, -0.1) is 33.3 Å². The van der Waals surface area contributed by atoms with Crippen LogP contribution in [0.3, 0.4) is 0 Å². The molecular weight excluding hydrogens is 751 g/mol. The lowest BCUT2D eigenvalue weighted by molar-refractivity contribution is 0.287. The molecule has 0 N–H and O–H groups in total. The van der Waals surface area contributed by atoms with E-state index in [-0.39, 0.29) is 0 Å². The van der Waals surface area contributed by atoms with E-state index in [0.29, 0.717) is 25.5 Å². The highest BCUT2D eigenvalue weighted by molar-refractivity contribution is 9.10. The van der Waals surface area contributed by atoms with Gasteiger partial charge in [0.1, 0.15) is 21.4 Å². The molecule has 0 fully saturated rings. The van der Waals surface area contributed by atoms with Gasteiger partial charge in [-0.05, 0) is 130 Å². The molecule has 0 radical (unpaired) electrons. The maximum absolute atomic E-state index is 5.94. The van der Waals surface area contributed by atoms with Crippen LogP contribution in [0.1, 0.15) is 48.5 Å². The Bertz CT molecular complexity index is 2080. The molecule has 0 spiro atoms. The number of thioether (sulfide) groups is 1. The van der Waals surface area contributed by atoms with Gasteiger partial charge in [-0.3, -0.25) is 0 Å². The molecule has 0 saturated heterocycles. The zero-order valence-electron chi connectivity index (χ0n) is 28.3. The minimum atomic E-state index is 0.570. The summed E-state index contributed by atoms with van der Waals surface area (Å²) in [4.78, 5) is 14.0. The Morgan fingerprint density at radius 2 is 1.66 bits per heavy atom. The summed E-state index contributed by atoms with van der Waals surface area (Å²) in [5.41, 5.74) is 3.52. The van der Waals surface area contributed by atoms with Crippen molar-refractivity contribution in [3.05, 3.63) is 93.0 Å². The predicted molar refractivity (Wildman–Crippen MR) is 206 cm³/mol. The molecule has 0 amide bonds. The van der Waals surface area contributed by atoms with Crippen molar-refractivity contribution >= 4 is 61.0 Å². The maximum atomic E-state index is 5.94. The molecule has 1 aliphatic rings. The van der Waals surface area contributed by atoms with E-state index in [1.54, 1.807) is 30.6 Å². The van der Waals surface area contributed by atoms with Crippen LogP contribution in [0.25, 0.3) is 21.6 Å². The first-order valence-electron chi connectivity index (χ1n) is 16.9. The number of halogens is 1. The molecule has 3 aromatic heterocycles. The summed E-state index contributed by atoms with van der Waals surface area (Å²) < 4.78 is 20.5. The molecule has 3 heterocycles. The molecule has 1 aliphatic carbocycles. The van der Waals surface area contributed by atoms with Crippen molar-refractivity contribution in [2.75, 3.05) is 20.3 Å². The van der Waals surface area contributed by atoms with Gasteiger partial charge in [0.2, 0.25) is 0 Å². The van der Waals surface area contributed by atoms with Gasteiger partial charge < -0.3 is 18.8 Å². The number of aryl methyl sites for hydroxylation is 3. The van der Waals surface area contributed by atoms with Crippen LogP contribution in [-0.2, 0) is 31.6 Å². The first-order chi connectivity index (χ1) is 24.5. The summed E-state index contributed by atoms with van der Waals surface area (Å²) in [6, 6.07) is 22.6. The number of fused-ring (bicyclic) bond motifs is 3. The zero-order valence-corrected chi connectivity index (χ0v) is 32.3. The molecular formula is C38H38BrN5O3S3. The lowest BCUT2D eigenvalue weighted by atomic mass is 9.97. The highest BCUT2D eigenvalue weighted by Gasteiger charge is 2.24. The van der Waals surface area contributed by atoms with Gasteiger partial charge in [0, 0.05) is 31.7 Å². The van der Waals surface area contributed by atoms with Gasteiger partial charge in [-0.2, -0.15) is 0 Å². The second-order valence-electron chi connectivity index (χ2n) is 11.8.